The molecule has 0 saturated carbocycles. The summed E-state index contributed by atoms with van der Waals surface area (Å²) in [6, 6.07) is 0. The van der Waals surface area contributed by atoms with Crippen molar-refractivity contribution in [2.45, 2.75) is 36.9 Å². The summed E-state index contributed by atoms with van der Waals surface area (Å²) in [4.78, 5) is 0. The molecule has 0 aromatic rings. The van der Waals surface area contributed by atoms with Gasteiger partial charge in [0.2, 0.25) is 0 Å². The van der Waals surface area contributed by atoms with Gasteiger partial charge >= 0.3 is 0 Å². The minimum absolute atomic E-state index is 0.0841. The van der Waals surface area contributed by atoms with Crippen LogP contribution in [0.5, 0.6) is 0 Å². The lowest BCUT2D eigenvalue weighted by Crippen LogP contribution is -2.43. The van der Waals surface area contributed by atoms with E-state index < -0.39 is 11.7 Å². The van der Waals surface area contributed by atoms with E-state index in [1.54, 1.807) is 7.11 Å². The summed E-state index contributed by atoms with van der Waals surface area (Å²) in [6.45, 7) is 2.62. The maximum Gasteiger partial charge on any atom is 0.117 e. The highest BCUT2D eigenvalue weighted by molar-refractivity contribution is 5.03. The number of methoxy groups -OCH3 is 1. The van der Waals surface area contributed by atoms with Crippen molar-refractivity contribution in [1.29, 1.82) is 0 Å². The first-order valence-corrected chi connectivity index (χ1v) is 5.79. The van der Waals surface area contributed by atoms with Crippen LogP contribution in [0.1, 0.15) is 6.92 Å². The van der Waals surface area contributed by atoms with Gasteiger partial charge in [0.05, 0.1) is 26.4 Å². The minimum atomic E-state index is -0.857. The third-order valence-electron chi connectivity index (χ3n) is 3.45. The van der Waals surface area contributed by atoms with Gasteiger partial charge in [-0.2, -0.15) is 0 Å². The van der Waals surface area contributed by atoms with Gasteiger partial charge in [-0.25, -0.2) is 0 Å². The van der Waals surface area contributed by atoms with Crippen molar-refractivity contribution in [1.82, 2.24) is 0 Å². The van der Waals surface area contributed by atoms with Crippen molar-refractivity contribution in [2.75, 3.05) is 33.5 Å². The second-order valence-corrected chi connectivity index (χ2v) is 4.75. The standard InChI is InChI=1S/C11H20O6/c1-11(14-2)6-17-9-8(5-16-10(9)11)15-4-7(13)3-12/h7-10,12-13H,3-6H2,1-2H3/t7?,8-,9-,10+,11+/m1/s1. The molecule has 2 aliphatic heterocycles. The molecule has 17 heavy (non-hydrogen) atoms. The number of hydrogen-bond donors (Lipinski definition) is 2. The predicted octanol–water partition coefficient (Wildman–Crippen LogP) is -1.07. The Balaban J connectivity index is 1.88. The minimum Gasteiger partial charge on any atom is -0.394 e. The van der Waals surface area contributed by atoms with Crippen molar-refractivity contribution in [2.24, 2.45) is 0 Å². The fourth-order valence-corrected chi connectivity index (χ4v) is 2.25. The summed E-state index contributed by atoms with van der Waals surface area (Å²) >= 11 is 0. The number of fused-ring (bicyclic) bond motifs is 1. The van der Waals surface area contributed by atoms with E-state index >= 15 is 0 Å². The second kappa shape index (κ2) is 5.17. The number of rotatable bonds is 5. The highest BCUT2D eigenvalue weighted by Crippen LogP contribution is 2.37. The fourth-order valence-electron chi connectivity index (χ4n) is 2.25. The van der Waals surface area contributed by atoms with Crippen LogP contribution in [0.15, 0.2) is 0 Å². The SMILES string of the molecule is CO[C@@]1(C)CO[C@@H]2[C@H](OCC(O)CO)CO[C@@H]21. The summed E-state index contributed by atoms with van der Waals surface area (Å²) in [6.07, 6.45) is -1.36. The topological polar surface area (TPSA) is 77.4 Å². The van der Waals surface area contributed by atoms with Crippen LogP contribution in [0.4, 0.5) is 0 Å². The average Bonchev–Trinajstić information content (AvgIpc) is 2.89. The molecule has 2 saturated heterocycles. The molecule has 2 fully saturated rings. The number of ether oxygens (including phenoxy) is 4. The Kier molecular flexibility index (Phi) is 4.02. The predicted molar refractivity (Wildman–Crippen MR) is 57.7 cm³/mol. The highest BCUT2D eigenvalue weighted by Gasteiger charge is 2.55. The highest BCUT2D eigenvalue weighted by atomic mass is 16.6. The molecule has 0 aliphatic carbocycles. The van der Waals surface area contributed by atoms with Crippen LogP contribution in [-0.2, 0) is 18.9 Å². The molecular formula is C11H20O6. The fraction of sp³-hybridized carbons (Fsp3) is 1.00. The van der Waals surface area contributed by atoms with Crippen LogP contribution in [0.3, 0.4) is 0 Å². The molecule has 2 aliphatic rings. The van der Waals surface area contributed by atoms with Gasteiger partial charge in [0.25, 0.3) is 0 Å². The molecule has 2 heterocycles. The Hall–Kier alpha value is -0.240. The first kappa shape index (κ1) is 13.2. The van der Waals surface area contributed by atoms with E-state index in [4.69, 9.17) is 24.1 Å². The molecule has 5 atom stereocenters. The van der Waals surface area contributed by atoms with E-state index in [2.05, 4.69) is 0 Å². The van der Waals surface area contributed by atoms with Crippen LogP contribution in [-0.4, -0.2) is 73.8 Å². The van der Waals surface area contributed by atoms with Crippen molar-refractivity contribution < 1.29 is 29.2 Å². The molecule has 0 spiro atoms. The normalized spacial score (nSPS) is 42.7. The summed E-state index contributed by atoms with van der Waals surface area (Å²) < 4.78 is 22.2. The Morgan fingerprint density at radius 3 is 2.88 bits per heavy atom. The Morgan fingerprint density at radius 2 is 2.24 bits per heavy atom. The van der Waals surface area contributed by atoms with Crippen molar-refractivity contribution >= 4 is 0 Å². The summed E-state index contributed by atoms with van der Waals surface area (Å²) in [5, 5.41) is 17.9. The van der Waals surface area contributed by atoms with Crippen molar-refractivity contribution in [3.63, 3.8) is 0 Å². The van der Waals surface area contributed by atoms with E-state index in [9.17, 15) is 5.11 Å². The lowest BCUT2D eigenvalue weighted by Gasteiger charge is -2.26. The molecule has 1 unspecified atom stereocenters. The Labute approximate surface area is 100 Å². The Bertz CT molecular complexity index is 260. The van der Waals surface area contributed by atoms with Crippen molar-refractivity contribution in [3.8, 4) is 0 Å². The molecule has 100 valence electrons. The average molecular weight is 248 g/mol. The van der Waals surface area contributed by atoms with Gasteiger partial charge in [0, 0.05) is 7.11 Å². The summed E-state index contributed by atoms with van der Waals surface area (Å²) in [5.41, 5.74) is -0.432. The monoisotopic (exact) mass is 248 g/mol. The second-order valence-electron chi connectivity index (χ2n) is 4.75. The molecule has 0 amide bonds. The first-order valence-electron chi connectivity index (χ1n) is 5.79. The van der Waals surface area contributed by atoms with Crippen LogP contribution in [0, 0.1) is 0 Å². The molecule has 0 aromatic heterocycles. The Morgan fingerprint density at radius 1 is 1.47 bits per heavy atom. The molecule has 6 nitrogen and oxygen atoms in total. The smallest absolute Gasteiger partial charge is 0.117 e. The van der Waals surface area contributed by atoms with Gasteiger partial charge in [-0.1, -0.05) is 0 Å². The lowest BCUT2D eigenvalue weighted by molar-refractivity contribution is -0.0930. The molecular weight excluding hydrogens is 228 g/mol. The molecule has 0 radical (unpaired) electrons. The first-order chi connectivity index (χ1) is 8.10. The van der Waals surface area contributed by atoms with Crippen LogP contribution in [0.2, 0.25) is 0 Å². The summed E-state index contributed by atoms with van der Waals surface area (Å²) in [7, 11) is 1.64. The maximum absolute atomic E-state index is 9.23. The van der Waals surface area contributed by atoms with Gasteiger partial charge in [-0.3, -0.25) is 0 Å². The summed E-state index contributed by atoms with van der Waals surface area (Å²) in [5.74, 6) is 0. The zero-order valence-electron chi connectivity index (χ0n) is 10.2. The van der Waals surface area contributed by atoms with Gasteiger partial charge < -0.3 is 29.2 Å². The van der Waals surface area contributed by atoms with Gasteiger partial charge in [-0.15, -0.1) is 0 Å². The molecule has 2 N–H and O–H groups in total. The van der Waals surface area contributed by atoms with E-state index in [0.717, 1.165) is 0 Å². The third-order valence-corrected chi connectivity index (χ3v) is 3.45. The van der Waals surface area contributed by atoms with Gasteiger partial charge in [0.15, 0.2) is 0 Å². The lowest BCUT2D eigenvalue weighted by atomic mass is 9.98. The van der Waals surface area contributed by atoms with Gasteiger partial charge in [-0.05, 0) is 6.92 Å². The molecule has 0 aromatic carbocycles. The number of aliphatic hydroxyl groups excluding tert-OH is 2. The van der Waals surface area contributed by atoms with Crippen molar-refractivity contribution in [3.05, 3.63) is 0 Å². The molecule has 6 heteroatoms. The van der Waals surface area contributed by atoms with E-state index in [-0.39, 0.29) is 31.5 Å². The number of aliphatic hydroxyl groups is 2. The number of hydrogen-bond acceptors (Lipinski definition) is 6. The van der Waals surface area contributed by atoms with Crippen LogP contribution >= 0.6 is 0 Å². The van der Waals surface area contributed by atoms with E-state index in [0.29, 0.717) is 13.2 Å². The molecule has 2 rings (SSSR count). The zero-order valence-corrected chi connectivity index (χ0v) is 10.2. The van der Waals surface area contributed by atoms with Crippen LogP contribution < -0.4 is 0 Å². The van der Waals surface area contributed by atoms with E-state index in [1.165, 1.54) is 0 Å². The maximum atomic E-state index is 9.23. The van der Waals surface area contributed by atoms with Gasteiger partial charge in [0.1, 0.15) is 30.0 Å². The molecule has 0 bridgehead atoms. The van der Waals surface area contributed by atoms with Crippen LogP contribution in [0.25, 0.3) is 0 Å². The zero-order chi connectivity index (χ0) is 12.5. The largest absolute Gasteiger partial charge is 0.394 e. The van der Waals surface area contributed by atoms with E-state index in [1.807, 2.05) is 6.92 Å². The third kappa shape index (κ3) is 2.47. The quantitative estimate of drug-likeness (QED) is 0.645.